The summed E-state index contributed by atoms with van der Waals surface area (Å²) in [5.74, 6) is 0.598. The minimum Gasteiger partial charge on any atom is -0.147 e. The Morgan fingerprint density at radius 2 is 1.68 bits per heavy atom. The first-order chi connectivity index (χ1) is 7.70. The van der Waals surface area contributed by atoms with Crippen LogP contribution in [0.5, 0.6) is 5.75 Å². The molecule has 0 saturated carbocycles. The Hall–Kier alpha value is 0.751. The van der Waals surface area contributed by atoms with Crippen molar-refractivity contribution in [3.8, 4) is 5.75 Å². The van der Waals surface area contributed by atoms with Crippen molar-refractivity contribution in [3.05, 3.63) is 28.8 Å². The first-order valence-electron chi connectivity index (χ1n) is 5.71. The molecule has 111 valence electrons. The molecule has 7 heteroatoms. The molecule has 0 fully saturated rings. The zero-order valence-electron chi connectivity index (χ0n) is 11.8. The quantitative estimate of drug-likeness (QED) is 0.648. The zero-order valence-corrected chi connectivity index (χ0v) is 16.9. The second-order valence-corrected chi connectivity index (χ2v) is 16.8. The van der Waals surface area contributed by atoms with Crippen LogP contribution in [-0.4, -0.2) is 6.66 Å². The van der Waals surface area contributed by atoms with Gasteiger partial charge in [0, 0.05) is 0 Å². The van der Waals surface area contributed by atoms with Crippen molar-refractivity contribution in [2.24, 2.45) is 0 Å². The fraction of sp³-hybridized carbons (Fsp3) is 0.500. The smallest absolute Gasteiger partial charge is 0.147 e. The first kappa shape index (κ1) is 22.0. The average molecular weight is 383 g/mol. The Morgan fingerprint density at radius 1 is 1.16 bits per heavy atom. The van der Waals surface area contributed by atoms with Gasteiger partial charge in [0.05, 0.1) is 0 Å². The van der Waals surface area contributed by atoms with E-state index in [9.17, 15) is 3.09 Å². The van der Waals surface area contributed by atoms with Gasteiger partial charge in [0.15, 0.2) is 0 Å². The van der Waals surface area contributed by atoms with Crippen LogP contribution in [0.3, 0.4) is 0 Å². The molecule has 0 spiro atoms. The fourth-order valence-corrected chi connectivity index (χ4v) is 3.95. The standard InChI is InChI=1S/C10H13ClO.C2H7Si.2ClH.FH.Ti/c1-10(2,3)7-4-8(11)6-9(12)5-7;1-3-2;;;;/h4-6,12H,1-3H3;3H,1-2H3;3*1H;/q;;;;;+2/p-2. The van der Waals surface area contributed by atoms with Gasteiger partial charge < -0.3 is 0 Å². The fourth-order valence-electron chi connectivity index (χ4n) is 1.29. The van der Waals surface area contributed by atoms with Crippen LogP contribution in [-0.2, 0) is 23.5 Å². The molecule has 0 saturated heterocycles. The Balaban J connectivity index is 0. The largest absolute Gasteiger partial charge is 0.147 e. The SMILES string of the molecule is C[SiH](C)[Ti]([F])[O]c1cc(Cl)cc(C(C)(C)C)c1.Cl.Cl. The van der Waals surface area contributed by atoms with Gasteiger partial charge in [-0.1, -0.05) is 0 Å². The number of hydrogen-bond donors (Lipinski definition) is 0. The summed E-state index contributed by atoms with van der Waals surface area (Å²) < 4.78 is 19.2. The number of halogens is 4. The van der Waals surface area contributed by atoms with Crippen LogP contribution in [0.15, 0.2) is 18.2 Å². The van der Waals surface area contributed by atoms with Crippen LogP contribution in [0.2, 0.25) is 18.1 Å². The molecular weight excluding hydrogens is 361 g/mol. The molecule has 1 nitrogen and oxygen atoms in total. The minimum atomic E-state index is -2.79. The van der Waals surface area contributed by atoms with E-state index in [0.29, 0.717) is 10.8 Å². The second-order valence-electron chi connectivity index (χ2n) is 5.49. The summed E-state index contributed by atoms with van der Waals surface area (Å²) in [6.45, 7) is 9.02. The molecule has 19 heavy (non-hydrogen) atoms. The van der Waals surface area contributed by atoms with Gasteiger partial charge in [0.25, 0.3) is 0 Å². The molecular formula is C12H21Cl3FOSiTi. The van der Waals surface area contributed by atoms with Crippen molar-refractivity contribution < 1.29 is 24.5 Å². The van der Waals surface area contributed by atoms with Gasteiger partial charge in [0.1, 0.15) is 0 Å². The normalized spacial score (nSPS) is 10.5. The van der Waals surface area contributed by atoms with Crippen molar-refractivity contribution in [2.75, 3.05) is 0 Å². The Labute approximate surface area is 140 Å². The van der Waals surface area contributed by atoms with Gasteiger partial charge >= 0.3 is 117 Å². The third-order valence-electron chi connectivity index (χ3n) is 2.41. The van der Waals surface area contributed by atoms with Crippen LogP contribution in [0, 0.1) is 0 Å². The third kappa shape index (κ3) is 7.35. The van der Waals surface area contributed by atoms with Gasteiger partial charge in [-0.2, -0.15) is 0 Å². The predicted molar refractivity (Wildman–Crippen MR) is 85.3 cm³/mol. The second kappa shape index (κ2) is 8.91. The Morgan fingerprint density at radius 3 is 2.11 bits per heavy atom. The van der Waals surface area contributed by atoms with Crippen LogP contribution in [0.25, 0.3) is 0 Å². The van der Waals surface area contributed by atoms with Crippen LogP contribution in [0.1, 0.15) is 26.3 Å². The molecule has 0 bridgehead atoms. The molecule has 0 unspecified atom stereocenters. The molecule has 0 aliphatic rings. The van der Waals surface area contributed by atoms with E-state index >= 15 is 0 Å². The third-order valence-corrected chi connectivity index (χ3v) is 8.94. The molecule has 1 aromatic rings. The molecule has 0 aliphatic carbocycles. The van der Waals surface area contributed by atoms with Crippen molar-refractivity contribution in [1.82, 2.24) is 0 Å². The number of benzene rings is 1. The molecule has 1 aromatic carbocycles. The van der Waals surface area contributed by atoms with Gasteiger partial charge in [-0.15, -0.1) is 24.8 Å². The molecule has 0 aromatic heterocycles. The molecule has 0 amide bonds. The molecule has 0 aliphatic heterocycles. The van der Waals surface area contributed by atoms with Crippen molar-refractivity contribution in [2.45, 2.75) is 39.3 Å². The van der Waals surface area contributed by atoms with Crippen molar-refractivity contribution in [1.29, 1.82) is 0 Å². The number of rotatable bonds is 3. The predicted octanol–water partition coefficient (Wildman–Crippen LogP) is 5.26. The molecule has 0 radical (unpaired) electrons. The Bertz CT molecular complexity index is 399. The van der Waals surface area contributed by atoms with Crippen molar-refractivity contribution in [3.63, 3.8) is 0 Å². The molecule has 0 heterocycles. The molecule has 0 N–H and O–H groups in total. The zero-order chi connectivity index (χ0) is 13.2. The monoisotopic (exact) mass is 381 g/mol. The van der Waals surface area contributed by atoms with E-state index in [2.05, 4.69) is 20.8 Å². The Kier molecular flexibility index (Phi) is 10.3. The maximum Gasteiger partial charge on any atom is -0.147 e. The minimum absolute atomic E-state index is 0. The summed E-state index contributed by atoms with van der Waals surface area (Å²) in [5.41, 5.74) is 1.07. The summed E-state index contributed by atoms with van der Waals surface area (Å²) >= 11 is 3.26. The van der Waals surface area contributed by atoms with Crippen LogP contribution < -0.4 is 3.32 Å². The maximum absolute atomic E-state index is 13.7. The van der Waals surface area contributed by atoms with E-state index in [-0.39, 0.29) is 30.2 Å². The summed E-state index contributed by atoms with van der Waals surface area (Å²) in [6, 6.07) is 5.54. The summed E-state index contributed by atoms with van der Waals surface area (Å²) in [7, 11) is 0. The molecule has 1 rings (SSSR count). The van der Waals surface area contributed by atoms with E-state index in [4.69, 9.17) is 14.9 Å². The van der Waals surface area contributed by atoms with Crippen molar-refractivity contribution >= 4 is 43.1 Å². The summed E-state index contributed by atoms with van der Waals surface area (Å²) in [6.07, 6.45) is 0. The van der Waals surface area contributed by atoms with Gasteiger partial charge in [-0.05, 0) is 0 Å². The van der Waals surface area contributed by atoms with Gasteiger partial charge in [-0.25, -0.2) is 0 Å². The van der Waals surface area contributed by atoms with E-state index in [0.717, 1.165) is 5.56 Å². The topological polar surface area (TPSA) is 9.23 Å². The van der Waals surface area contributed by atoms with Gasteiger partial charge in [0.2, 0.25) is 0 Å². The van der Waals surface area contributed by atoms with Crippen LogP contribution in [0.4, 0.5) is 3.09 Å². The summed E-state index contributed by atoms with van der Waals surface area (Å²) in [5, 5.41) is 0.615. The number of hydrogen-bond acceptors (Lipinski definition) is 1. The average Bonchev–Trinajstić information content (AvgIpc) is 2.15. The van der Waals surface area contributed by atoms with E-state index in [1.807, 2.05) is 25.2 Å². The molecule has 0 atom stereocenters. The first-order valence-corrected chi connectivity index (χ1v) is 12.9. The summed E-state index contributed by atoms with van der Waals surface area (Å²) in [4.78, 5) is 0. The van der Waals surface area contributed by atoms with E-state index in [1.54, 1.807) is 6.07 Å². The van der Waals surface area contributed by atoms with E-state index < -0.39 is 24.7 Å². The van der Waals surface area contributed by atoms with Gasteiger partial charge in [-0.3, -0.25) is 0 Å². The van der Waals surface area contributed by atoms with E-state index in [1.165, 1.54) is 0 Å². The van der Waals surface area contributed by atoms with Crippen LogP contribution >= 0.6 is 36.4 Å². The maximum atomic E-state index is 13.7.